The molecule has 3 nitrogen and oxygen atoms in total. The molecule has 1 aromatic carbocycles. The smallest absolute Gasteiger partial charge is 0.138 e. The van der Waals surface area contributed by atoms with Gasteiger partial charge in [-0.1, -0.05) is 19.1 Å². The molecule has 3 heteroatoms. The highest BCUT2D eigenvalue weighted by Crippen LogP contribution is 2.33. The Kier molecular flexibility index (Phi) is 2.97. The second-order valence-corrected chi connectivity index (χ2v) is 4.53. The summed E-state index contributed by atoms with van der Waals surface area (Å²) >= 11 is 0. The maximum absolute atomic E-state index is 11.7. The molecule has 1 N–H and O–H groups in total. The van der Waals surface area contributed by atoms with E-state index >= 15 is 0 Å². The van der Waals surface area contributed by atoms with Gasteiger partial charge in [-0.15, -0.1) is 0 Å². The number of benzene rings is 1. The number of aromatic hydroxyl groups is 1. The average molecular weight is 219 g/mol. The van der Waals surface area contributed by atoms with Crippen molar-refractivity contribution in [3.63, 3.8) is 0 Å². The summed E-state index contributed by atoms with van der Waals surface area (Å²) in [6, 6.07) is 7.28. The number of phenolic OH excluding ortho intramolecular Hbond substituents is 1. The van der Waals surface area contributed by atoms with Crippen molar-refractivity contribution >= 4 is 5.78 Å². The van der Waals surface area contributed by atoms with E-state index in [1.807, 2.05) is 26.1 Å². The lowest BCUT2D eigenvalue weighted by Crippen LogP contribution is -2.40. The molecule has 0 saturated carbocycles. The summed E-state index contributed by atoms with van der Waals surface area (Å²) in [6.45, 7) is 2.76. The Hall–Kier alpha value is -1.35. The predicted molar refractivity (Wildman–Crippen MR) is 62.3 cm³/mol. The van der Waals surface area contributed by atoms with E-state index in [9.17, 15) is 9.90 Å². The lowest BCUT2D eigenvalue weighted by Gasteiger charge is -2.36. The number of nitrogens with zero attached hydrogens (tertiary/aromatic N) is 1. The molecular weight excluding hydrogens is 202 g/mol. The second kappa shape index (κ2) is 4.26. The lowest BCUT2D eigenvalue weighted by atomic mass is 9.85. The van der Waals surface area contributed by atoms with Crippen LogP contribution in [0, 0.1) is 5.92 Å². The normalized spacial score (nSPS) is 27.0. The summed E-state index contributed by atoms with van der Waals surface area (Å²) in [4.78, 5) is 13.9. The molecule has 0 radical (unpaired) electrons. The van der Waals surface area contributed by atoms with E-state index in [0.29, 0.717) is 12.2 Å². The van der Waals surface area contributed by atoms with Crippen LogP contribution in [0.25, 0.3) is 0 Å². The molecule has 0 unspecified atom stereocenters. The van der Waals surface area contributed by atoms with Gasteiger partial charge in [0.2, 0.25) is 0 Å². The van der Waals surface area contributed by atoms with Crippen molar-refractivity contribution in [1.82, 2.24) is 4.90 Å². The van der Waals surface area contributed by atoms with E-state index in [2.05, 4.69) is 4.90 Å². The number of Topliss-reactive ketones (excluding diaryl/α,β-unsaturated/α-hetero) is 1. The Morgan fingerprint density at radius 1 is 1.44 bits per heavy atom. The fraction of sp³-hybridized carbons (Fsp3) is 0.462. The highest BCUT2D eigenvalue weighted by molar-refractivity contribution is 5.82. The summed E-state index contributed by atoms with van der Waals surface area (Å²) < 4.78 is 0. The number of hydrogen-bond acceptors (Lipinski definition) is 3. The Morgan fingerprint density at radius 2 is 2.19 bits per heavy atom. The molecule has 1 aromatic rings. The van der Waals surface area contributed by atoms with Gasteiger partial charge in [0.05, 0.1) is 0 Å². The van der Waals surface area contributed by atoms with Crippen LogP contribution >= 0.6 is 0 Å². The number of phenols is 1. The minimum atomic E-state index is 0.000509. The first-order chi connectivity index (χ1) is 7.59. The molecule has 86 valence electrons. The molecule has 1 fully saturated rings. The molecule has 0 amide bonds. The molecule has 2 rings (SSSR count). The van der Waals surface area contributed by atoms with Gasteiger partial charge in [-0.05, 0) is 24.7 Å². The molecule has 16 heavy (non-hydrogen) atoms. The summed E-state index contributed by atoms with van der Waals surface area (Å²) in [5, 5.41) is 9.48. The molecular formula is C13H17NO2. The van der Waals surface area contributed by atoms with Crippen molar-refractivity contribution < 1.29 is 9.90 Å². The third-order valence-electron chi connectivity index (χ3n) is 3.38. The summed E-state index contributed by atoms with van der Waals surface area (Å²) in [5.41, 5.74) is 1.02. The van der Waals surface area contributed by atoms with Gasteiger partial charge >= 0.3 is 0 Å². The Labute approximate surface area is 95.7 Å². The van der Waals surface area contributed by atoms with Crippen molar-refractivity contribution in [2.24, 2.45) is 5.92 Å². The first-order valence-corrected chi connectivity index (χ1v) is 5.61. The second-order valence-electron chi connectivity index (χ2n) is 4.53. The summed E-state index contributed by atoms with van der Waals surface area (Å²) in [7, 11) is 2.03. The number of likely N-dealkylation sites (tertiary alicyclic amines) is 1. The van der Waals surface area contributed by atoms with Crippen LogP contribution in [-0.4, -0.2) is 29.4 Å². The zero-order chi connectivity index (χ0) is 11.7. The third-order valence-corrected chi connectivity index (χ3v) is 3.38. The zero-order valence-electron chi connectivity index (χ0n) is 9.68. The van der Waals surface area contributed by atoms with Gasteiger partial charge in [0.25, 0.3) is 0 Å². The summed E-state index contributed by atoms with van der Waals surface area (Å²) in [5.74, 6) is 0.572. The molecule has 0 spiro atoms. The largest absolute Gasteiger partial charge is 0.508 e. The zero-order valence-corrected chi connectivity index (χ0v) is 9.68. The Balaban J connectivity index is 2.33. The van der Waals surface area contributed by atoms with Gasteiger partial charge < -0.3 is 5.11 Å². The highest BCUT2D eigenvalue weighted by Gasteiger charge is 2.32. The van der Waals surface area contributed by atoms with E-state index in [1.165, 1.54) is 0 Å². The third kappa shape index (κ3) is 1.95. The first kappa shape index (κ1) is 11.1. The van der Waals surface area contributed by atoms with Gasteiger partial charge in [-0.2, -0.15) is 0 Å². The van der Waals surface area contributed by atoms with Crippen molar-refractivity contribution in [2.45, 2.75) is 19.4 Å². The molecule has 1 saturated heterocycles. The van der Waals surface area contributed by atoms with Crippen molar-refractivity contribution in [1.29, 1.82) is 0 Å². The fourth-order valence-corrected chi connectivity index (χ4v) is 2.46. The number of piperidine rings is 1. The molecule has 0 aliphatic carbocycles. The first-order valence-electron chi connectivity index (χ1n) is 5.61. The minimum Gasteiger partial charge on any atom is -0.508 e. The quantitative estimate of drug-likeness (QED) is 0.785. The van der Waals surface area contributed by atoms with E-state index in [1.54, 1.807) is 12.1 Å². The predicted octanol–water partition coefficient (Wildman–Crippen LogP) is 1.97. The summed E-state index contributed by atoms with van der Waals surface area (Å²) in [6.07, 6.45) is 0.632. The number of rotatable bonds is 1. The van der Waals surface area contributed by atoms with E-state index in [-0.39, 0.29) is 17.7 Å². The maximum Gasteiger partial charge on any atom is 0.138 e. The highest BCUT2D eigenvalue weighted by atomic mass is 16.3. The molecule has 0 aromatic heterocycles. The molecule has 2 atom stereocenters. The van der Waals surface area contributed by atoms with Crippen LogP contribution in [0.3, 0.4) is 0 Å². The van der Waals surface area contributed by atoms with Crippen LogP contribution in [0.5, 0.6) is 5.75 Å². The maximum atomic E-state index is 11.7. The lowest BCUT2D eigenvalue weighted by molar-refractivity contribution is -0.127. The van der Waals surface area contributed by atoms with E-state index in [4.69, 9.17) is 0 Å². The number of ketones is 1. The minimum absolute atomic E-state index is 0.000509. The van der Waals surface area contributed by atoms with Crippen molar-refractivity contribution in [2.75, 3.05) is 13.6 Å². The van der Waals surface area contributed by atoms with E-state index < -0.39 is 0 Å². The Bertz CT molecular complexity index is 403. The number of hydrogen-bond donors (Lipinski definition) is 1. The molecule has 0 bridgehead atoms. The fourth-order valence-electron chi connectivity index (χ4n) is 2.46. The average Bonchev–Trinajstić information content (AvgIpc) is 2.24. The van der Waals surface area contributed by atoms with Gasteiger partial charge in [0.15, 0.2) is 0 Å². The topological polar surface area (TPSA) is 40.5 Å². The van der Waals surface area contributed by atoms with Crippen molar-refractivity contribution in [3.05, 3.63) is 29.8 Å². The number of carbonyl (C=O) groups is 1. The van der Waals surface area contributed by atoms with Gasteiger partial charge in [-0.25, -0.2) is 0 Å². The van der Waals surface area contributed by atoms with Crippen LogP contribution in [-0.2, 0) is 4.79 Å². The van der Waals surface area contributed by atoms with Crippen LogP contribution in [0.15, 0.2) is 24.3 Å². The van der Waals surface area contributed by atoms with Gasteiger partial charge in [-0.3, -0.25) is 9.69 Å². The standard InChI is InChI=1S/C13H17NO2/c1-9-12(16)6-7-14(2)13(9)10-4-3-5-11(15)8-10/h3-5,8-9,13,15H,6-7H2,1-2H3/t9-,13-/m1/s1. The van der Waals surface area contributed by atoms with Crippen molar-refractivity contribution in [3.8, 4) is 5.75 Å². The van der Waals surface area contributed by atoms with Crippen LogP contribution in [0.1, 0.15) is 24.9 Å². The SMILES string of the molecule is C[C@@H]1C(=O)CCN(C)[C@H]1c1cccc(O)c1. The monoisotopic (exact) mass is 219 g/mol. The van der Waals surface area contributed by atoms with E-state index in [0.717, 1.165) is 12.1 Å². The van der Waals surface area contributed by atoms with Gasteiger partial charge in [0.1, 0.15) is 11.5 Å². The number of carbonyl (C=O) groups excluding carboxylic acids is 1. The van der Waals surface area contributed by atoms with Crippen LogP contribution < -0.4 is 0 Å². The molecule has 1 aliphatic rings. The van der Waals surface area contributed by atoms with Crippen LogP contribution in [0.2, 0.25) is 0 Å². The molecule has 1 aliphatic heterocycles. The van der Waals surface area contributed by atoms with Gasteiger partial charge in [0, 0.05) is 24.9 Å². The Morgan fingerprint density at radius 3 is 2.88 bits per heavy atom. The van der Waals surface area contributed by atoms with Crippen LogP contribution in [0.4, 0.5) is 0 Å². The molecule has 1 heterocycles.